The Morgan fingerprint density at radius 1 is 1.37 bits per heavy atom. The molecule has 0 N–H and O–H groups in total. The predicted octanol–water partition coefficient (Wildman–Crippen LogP) is 2.99. The highest BCUT2D eigenvalue weighted by atomic mass is 32.2. The summed E-state index contributed by atoms with van der Waals surface area (Å²) >= 11 is 1.74. The van der Waals surface area contributed by atoms with Crippen molar-refractivity contribution >= 4 is 17.7 Å². The van der Waals surface area contributed by atoms with E-state index >= 15 is 0 Å². The minimum atomic E-state index is 0.0483. The summed E-state index contributed by atoms with van der Waals surface area (Å²) < 4.78 is 5.08. The first-order valence-corrected chi connectivity index (χ1v) is 7.60. The molecule has 104 valence electrons. The topological polar surface area (TPSA) is 29.5 Å². The van der Waals surface area contributed by atoms with Crippen LogP contribution in [0.5, 0.6) is 0 Å². The first kappa shape index (κ1) is 14.4. The Kier molecular flexibility index (Phi) is 4.88. The van der Waals surface area contributed by atoms with Gasteiger partial charge in [-0.3, -0.25) is 4.79 Å². The van der Waals surface area contributed by atoms with Gasteiger partial charge in [-0.05, 0) is 31.4 Å². The largest absolute Gasteiger partial charge is 0.385 e. The molecule has 0 unspecified atom stereocenters. The fourth-order valence-corrected chi connectivity index (χ4v) is 3.79. The summed E-state index contributed by atoms with van der Waals surface area (Å²) in [6, 6.07) is 8.32. The first-order valence-electron chi connectivity index (χ1n) is 6.65. The lowest BCUT2D eigenvalue weighted by Gasteiger charge is -2.25. The molecule has 0 aromatic heterocycles. The van der Waals surface area contributed by atoms with Crippen LogP contribution >= 0.6 is 11.8 Å². The molecule has 1 aromatic rings. The zero-order valence-corrected chi connectivity index (χ0v) is 12.6. The van der Waals surface area contributed by atoms with E-state index in [-0.39, 0.29) is 16.5 Å². The van der Waals surface area contributed by atoms with Crippen molar-refractivity contribution in [2.75, 3.05) is 20.3 Å². The van der Waals surface area contributed by atoms with E-state index in [0.29, 0.717) is 6.61 Å². The van der Waals surface area contributed by atoms with Crippen molar-refractivity contribution in [3.05, 3.63) is 35.4 Å². The number of rotatable bonds is 5. The molecule has 4 heteroatoms. The van der Waals surface area contributed by atoms with Crippen LogP contribution in [-0.4, -0.2) is 36.3 Å². The van der Waals surface area contributed by atoms with E-state index in [2.05, 4.69) is 19.1 Å². The lowest BCUT2D eigenvalue weighted by Crippen LogP contribution is -2.32. The maximum Gasteiger partial charge on any atom is 0.236 e. The standard InChI is InChI=1S/C15H21NO2S/c1-11-7-4-5-8-13(11)15-16(9-6-10-18-3)14(17)12(2)19-15/h4-5,7-8,12,15H,6,9-10H2,1-3H3/t12-,15+/m0/s1. The van der Waals surface area contributed by atoms with Gasteiger partial charge in [0.1, 0.15) is 5.37 Å². The molecule has 2 rings (SSSR count). The Labute approximate surface area is 119 Å². The molecule has 19 heavy (non-hydrogen) atoms. The average molecular weight is 279 g/mol. The van der Waals surface area contributed by atoms with Gasteiger partial charge in [0.2, 0.25) is 5.91 Å². The van der Waals surface area contributed by atoms with E-state index in [0.717, 1.165) is 13.0 Å². The third-order valence-electron chi connectivity index (χ3n) is 3.45. The smallest absolute Gasteiger partial charge is 0.236 e. The first-order chi connectivity index (χ1) is 9.15. The zero-order chi connectivity index (χ0) is 13.8. The SMILES string of the molecule is COCCCN1C(=O)[C@H](C)S[C@@H]1c1ccccc1C. The number of benzene rings is 1. The Morgan fingerprint density at radius 2 is 2.11 bits per heavy atom. The summed E-state index contributed by atoms with van der Waals surface area (Å²) in [6.45, 7) is 5.57. The molecule has 1 aliphatic heterocycles. The second-order valence-corrected chi connectivity index (χ2v) is 6.29. The average Bonchev–Trinajstić information content (AvgIpc) is 2.68. The van der Waals surface area contributed by atoms with Gasteiger partial charge in [0.15, 0.2) is 0 Å². The van der Waals surface area contributed by atoms with Gasteiger partial charge in [0, 0.05) is 20.3 Å². The number of hydrogen-bond donors (Lipinski definition) is 0. The second-order valence-electron chi connectivity index (χ2n) is 4.87. The van der Waals surface area contributed by atoms with Crippen molar-refractivity contribution in [3.63, 3.8) is 0 Å². The van der Waals surface area contributed by atoms with E-state index < -0.39 is 0 Å². The van der Waals surface area contributed by atoms with Gasteiger partial charge >= 0.3 is 0 Å². The van der Waals surface area contributed by atoms with E-state index in [1.807, 2.05) is 24.0 Å². The maximum absolute atomic E-state index is 12.3. The third-order valence-corrected chi connectivity index (χ3v) is 4.83. The third kappa shape index (κ3) is 3.12. The van der Waals surface area contributed by atoms with Crippen molar-refractivity contribution in [2.45, 2.75) is 30.9 Å². The fourth-order valence-electron chi connectivity index (χ4n) is 2.39. The molecule has 0 bridgehead atoms. The zero-order valence-electron chi connectivity index (χ0n) is 11.8. The number of ether oxygens (including phenoxy) is 1. The van der Waals surface area contributed by atoms with Crippen molar-refractivity contribution in [1.29, 1.82) is 0 Å². The number of hydrogen-bond acceptors (Lipinski definition) is 3. The monoisotopic (exact) mass is 279 g/mol. The van der Waals surface area contributed by atoms with E-state index in [1.165, 1.54) is 11.1 Å². The van der Waals surface area contributed by atoms with Gasteiger partial charge in [-0.1, -0.05) is 24.3 Å². The summed E-state index contributed by atoms with van der Waals surface area (Å²) in [5, 5.41) is 0.202. The van der Waals surface area contributed by atoms with Crippen LogP contribution in [0.1, 0.15) is 29.8 Å². The van der Waals surface area contributed by atoms with Crippen molar-refractivity contribution < 1.29 is 9.53 Å². The fraction of sp³-hybridized carbons (Fsp3) is 0.533. The number of carbonyl (C=O) groups is 1. The Morgan fingerprint density at radius 3 is 2.79 bits per heavy atom. The molecular weight excluding hydrogens is 258 g/mol. The van der Waals surface area contributed by atoms with Crippen LogP contribution in [-0.2, 0) is 9.53 Å². The number of carbonyl (C=O) groups excluding carboxylic acids is 1. The second kappa shape index (κ2) is 6.44. The highest BCUT2D eigenvalue weighted by molar-refractivity contribution is 8.01. The molecule has 0 aliphatic carbocycles. The van der Waals surface area contributed by atoms with Gasteiger partial charge in [0.25, 0.3) is 0 Å². The minimum Gasteiger partial charge on any atom is -0.385 e. The van der Waals surface area contributed by atoms with Crippen LogP contribution in [0.2, 0.25) is 0 Å². The van der Waals surface area contributed by atoms with Crippen molar-refractivity contribution in [1.82, 2.24) is 4.90 Å². The number of aryl methyl sites for hydroxylation is 1. The molecule has 1 saturated heterocycles. The van der Waals surface area contributed by atoms with Crippen LogP contribution in [0.4, 0.5) is 0 Å². The molecule has 1 aromatic carbocycles. The van der Waals surface area contributed by atoms with Gasteiger partial charge in [-0.15, -0.1) is 11.8 Å². The lowest BCUT2D eigenvalue weighted by molar-refractivity contribution is -0.130. The summed E-state index contributed by atoms with van der Waals surface area (Å²) in [5.41, 5.74) is 2.50. The number of thioether (sulfide) groups is 1. The highest BCUT2D eigenvalue weighted by Crippen LogP contribution is 2.43. The van der Waals surface area contributed by atoms with E-state index in [9.17, 15) is 4.79 Å². The lowest BCUT2D eigenvalue weighted by atomic mass is 10.1. The Balaban J connectivity index is 2.17. The number of amides is 1. The van der Waals surface area contributed by atoms with Crippen LogP contribution in [0.15, 0.2) is 24.3 Å². The number of nitrogens with zero attached hydrogens (tertiary/aromatic N) is 1. The molecular formula is C15H21NO2S. The summed E-state index contributed by atoms with van der Waals surface area (Å²) in [6.07, 6.45) is 0.887. The van der Waals surface area contributed by atoms with Crippen molar-refractivity contribution in [3.8, 4) is 0 Å². The maximum atomic E-state index is 12.3. The Hall–Kier alpha value is -1.00. The molecule has 0 saturated carbocycles. The molecule has 0 spiro atoms. The summed E-state index contributed by atoms with van der Waals surface area (Å²) in [7, 11) is 1.70. The quantitative estimate of drug-likeness (QED) is 0.776. The van der Waals surface area contributed by atoms with Crippen molar-refractivity contribution in [2.24, 2.45) is 0 Å². The van der Waals surface area contributed by atoms with Crippen LogP contribution in [0.25, 0.3) is 0 Å². The van der Waals surface area contributed by atoms with Crippen LogP contribution < -0.4 is 0 Å². The van der Waals surface area contributed by atoms with Gasteiger partial charge in [-0.2, -0.15) is 0 Å². The van der Waals surface area contributed by atoms with Crippen LogP contribution in [0.3, 0.4) is 0 Å². The van der Waals surface area contributed by atoms with Gasteiger partial charge in [0.05, 0.1) is 5.25 Å². The molecule has 1 heterocycles. The Bertz CT molecular complexity index is 450. The van der Waals surface area contributed by atoms with E-state index in [4.69, 9.17) is 4.74 Å². The van der Waals surface area contributed by atoms with Gasteiger partial charge in [-0.25, -0.2) is 0 Å². The minimum absolute atomic E-state index is 0.0483. The molecule has 3 nitrogen and oxygen atoms in total. The number of methoxy groups -OCH3 is 1. The van der Waals surface area contributed by atoms with Gasteiger partial charge < -0.3 is 9.64 Å². The normalized spacial score (nSPS) is 23.1. The highest BCUT2D eigenvalue weighted by Gasteiger charge is 2.38. The molecule has 0 radical (unpaired) electrons. The summed E-state index contributed by atoms with van der Waals surface area (Å²) in [4.78, 5) is 14.3. The molecule has 1 amide bonds. The predicted molar refractivity (Wildman–Crippen MR) is 79.2 cm³/mol. The van der Waals surface area contributed by atoms with Crippen LogP contribution in [0, 0.1) is 6.92 Å². The summed E-state index contributed by atoms with van der Waals surface area (Å²) in [5.74, 6) is 0.245. The molecule has 2 atom stereocenters. The molecule has 1 fully saturated rings. The van der Waals surface area contributed by atoms with E-state index in [1.54, 1.807) is 18.9 Å². The molecule has 1 aliphatic rings.